The summed E-state index contributed by atoms with van der Waals surface area (Å²) in [5.41, 5.74) is 1.11. The lowest BCUT2D eigenvalue weighted by atomic mass is 10.2. The minimum atomic E-state index is -0.349. The van der Waals surface area contributed by atoms with Gasteiger partial charge in [-0.3, -0.25) is 4.99 Å². The molecule has 26 heavy (non-hydrogen) atoms. The minimum Gasteiger partial charge on any atom is -0.486 e. The Kier molecular flexibility index (Phi) is 7.84. The molecule has 1 atom stereocenters. The largest absolute Gasteiger partial charge is 0.486 e. The number of thiazole rings is 1. The normalized spacial score (nSPS) is 12.9. The Balaban J connectivity index is 1.83. The van der Waals surface area contributed by atoms with Crippen LogP contribution in [0.15, 0.2) is 34.6 Å². The SMILES string of the molecule is CCC(CNC(=NC)NCc1nc(C(C)C)cs1)Oc1ccccc1F. The van der Waals surface area contributed by atoms with Gasteiger partial charge in [-0.15, -0.1) is 11.3 Å². The van der Waals surface area contributed by atoms with E-state index in [1.165, 1.54) is 6.07 Å². The van der Waals surface area contributed by atoms with Crippen molar-refractivity contribution in [3.05, 3.63) is 46.2 Å². The van der Waals surface area contributed by atoms with Gasteiger partial charge in [-0.2, -0.15) is 0 Å². The van der Waals surface area contributed by atoms with Crippen LogP contribution in [-0.2, 0) is 6.54 Å². The number of rotatable bonds is 8. The minimum absolute atomic E-state index is 0.155. The lowest BCUT2D eigenvalue weighted by molar-refractivity contribution is 0.191. The first-order chi connectivity index (χ1) is 12.5. The Bertz CT molecular complexity index is 717. The van der Waals surface area contributed by atoms with Crippen LogP contribution in [-0.4, -0.2) is 30.6 Å². The number of nitrogens with zero attached hydrogens (tertiary/aromatic N) is 2. The van der Waals surface area contributed by atoms with Crippen molar-refractivity contribution in [1.82, 2.24) is 15.6 Å². The van der Waals surface area contributed by atoms with E-state index < -0.39 is 0 Å². The third-order valence-electron chi connectivity index (χ3n) is 3.87. The van der Waals surface area contributed by atoms with Crippen molar-refractivity contribution in [2.75, 3.05) is 13.6 Å². The number of para-hydroxylation sites is 1. The van der Waals surface area contributed by atoms with E-state index in [-0.39, 0.29) is 17.7 Å². The molecule has 2 N–H and O–H groups in total. The summed E-state index contributed by atoms with van der Waals surface area (Å²) in [7, 11) is 1.72. The summed E-state index contributed by atoms with van der Waals surface area (Å²) >= 11 is 1.64. The predicted molar refractivity (Wildman–Crippen MR) is 106 cm³/mol. The molecule has 5 nitrogen and oxygen atoms in total. The molecule has 2 rings (SSSR count). The summed E-state index contributed by atoms with van der Waals surface area (Å²) in [6, 6.07) is 6.45. The first-order valence-electron chi connectivity index (χ1n) is 8.83. The zero-order chi connectivity index (χ0) is 18.9. The molecule has 0 radical (unpaired) electrons. The van der Waals surface area contributed by atoms with Crippen molar-refractivity contribution in [1.29, 1.82) is 0 Å². The molecule has 0 spiro atoms. The molecule has 0 aliphatic rings. The van der Waals surface area contributed by atoms with Gasteiger partial charge in [-0.05, 0) is 24.5 Å². The zero-order valence-electron chi connectivity index (χ0n) is 15.8. The second-order valence-electron chi connectivity index (χ2n) is 6.21. The molecule has 0 saturated heterocycles. The smallest absolute Gasteiger partial charge is 0.191 e. The summed E-state index contributed by atoms with van der Waals surface area (Å²) in [6.45, 7) is 7.41. The van der Waals surface area contributed by atoms with Gasteiger partial charge in [0.05, 0.1) is 18.8 Å². The van der Waals surface area contributed by atoms with E-state index in [1.807, 2.05) is 6.92 Å². The van der Waals surface area contributed by atoms with Gasteiger partial charge in [-0.1, -0.05) is 32.9 Å². The zero-order valence-corrected chi connectivity index (χ0v) is 16.6. The van der Waals surface area contributed by atoms with Crippen LogP contribution in [0.1, 0.15) is 43.8 Å². The van der Waals surface area contributed by atoms with Crippen LogP contribution in [0.2, 0.25) is 0 Å². The number of aromatic nitrogens is 1. The van der Waals surface area contributed by atoms with Gasteiger partial charge in [0.1, 0.15) is 11.1 Å². The average Bonchev–Trinajstić information content (AvgIpc) is 3.11. The van der Waals surface area contributed by atoms with Gasteiger partial charge in [0.25, 0.3) is 0 Å². The molecule has 1 heterocycles. The number of ether oxygens (including phenoxy) is 1. The van der Waals surface area contributed by atoms with E-state index in [9.17, 15) is 4.39 Å². The van der Waals surface area contributed by atoms with Gasteiger partial charge >= 0.3 is 0 Å². The molecular weight excluding hydrogens is 351 g/mol. The molecule has 1 aromatic heterocycles. The van der Waals surface area contributed by atoms with Crippen LogP contribution in [0, 0.1) is 5.82 Å². The van der Waals surface area contributed by atoms with Crippen LogP contribution >= 0.6 is 11.3 Å². The van der Waals surface area contributed by atoms with Crippen LogP contribution in [0.25, 0.3) is 0 Å². The predicted octanol–water partition coefficient (Wildman–Crippen LogP) is 3.93. The molecule has 0 fully saturated rings. The Hall–Kier alpha value is -2.15. The first-order valence-corrected chi connectivity index (χ1v) is 9.71. The third kappa shape index (κ3) is 5.98. The van der Waals surface area contributed by atoms with Gasteiger partial charge in [0.15, 0.2) is 17.5 Å². The van der Waals surface area contributed by atoms with Gasteiger partial charge in [-0.25, -0.2) is 9.37 Å². The number of guanidine groups is 1. The number of hydrogen-bond acceptors (Lipinski definition) is 4. The molecule has 142 valence electrons. The molecule has 1 unspecified atom stereocenters. The van der Waals surface area contributed by atoms with E-state index in [1.54, 1.807) is 36.6 Å². The Morgan fingerprint density at radius 3 is 2.69 bits per heavy atom. The van der Waals surface area contributed by atoms with Gasteiger partial charge < -0.3 is 15.4 Å². The van der Waals surface area contributed by atoms with Gasteiger partial charge in [0.2, 0.25) is 0 Å². The molecule has 0 aliphatic heterocycles. The molecular formula is C19H27FN4OS. The number of benzene rings is 1. The Morgan fingerprint density at radius 2 is 2.08 bits per heavy atom. The molecule has 1 aromatic carbocycles. The average molecular weight is 379 g/mol. The van der Waals surface area contributed by atoms with Crippen LogP contribution in [0.4, 0.5) is 4.39 Å². The molecule has 2 aromatic rings. The van der Waals surface area contributed by atoms with Crippen molar-refractivity contribution >= 4 is 17.3 Å². The molecule has 0 saturated carbocycles. The molecule has 0 amide bonds. The Morgan fingerprint density at radius 1 is 1.31 bits per heavy atom. The van der Waals surface area contributed by atoms with E-state index in [2.05, 4.69) is 39.8 Å². The second kappa shape index (κ2) is 10.1. The van der Waals surface area contributed by atoms with E-state index in [0.717, 1.165) is 17.1 Å². The number of halogens is 1. The van der Waals surface area contributed by atoms with Crippen LogP contribution in [0.5, 0.6) is 5.75 Å². The monoisotopic (exact) mass is 378 g/mol. The maximum atomic E-state index is 13.7. The van der Waals surface area contributed by atoms with Crippen molar-refractivity contribution < 1.29 is 9.13 Å². The van der Waals surface area contributed by atoms with Gasteiger partial charge in [0, 0.05) is 12.4 Å². The quantitative estimate of drug-likeness (QED) is 0.540. The summed E-state index contributed by atoms with van der Waals surface area (Å²) in [5, 5.41) is 9.59. The second-order valence-corrected chi connectivity index (χ2v) is 7.15. The van der Waals surface area contributed by atoms with Crippen LogP contribution < -0.4 is 15.4 Å². The summed E-state index contributed by atoms with van der Waals surface area (Å²) in [4.78, 5) is 8.82. The fourth-order valence-corrected chi connectivity index (χ4v) is 3.15. The summed E-state index contributed by atoms with van der Waals surface area (Å²) in [5.74, 6) is 1.02. The number of aliphatic imine (C=N–C) groups is 1. The highest BCUT2D eigenvalue weighted by atomic mass is 32.1. The summed E-state index contributed by atoms with van der Waals surface area (Å²) < 4.78 is 19.5. The van der Waals surface area contributed by atoms with Crippen molar-refractivity contribution in [3.8, 4) is 5.75 Å². The fraction of sp³-hybridized carbons (Fsp3) is 0.474. The first kappa shape index (κ1) is 20.2. The molecule has 0 aliphatic carbocycles. The lowest BCUT2D eigenvalue weighted by Crippen LogP contribution is -2.42. The van der Waals surface area contributed by atoms with E-state index in [0.29, 0.717) is 25.0 Å². The molecule has 0 bridgehead atoms. The number of nitrogens with one attached hydrogen (secondary N) is 2. The summed E-state index contributed by atoms with van der Waals surface area (Å²) in [6.07, 6.45) is 0.598. The van der Waals surface area contributed by atoms with E-state index >= 15 is 0 Å². The standard InChI is InChI=1S/C19H27FN4OS/c1-5-14(25-17-9-7-6-8-15(17)20)10-22-19(21-4)23-11-18-24-16(12-26-18)13(2)3/h6-9,12-14H,5,10-11H2,1-4H3,(H2,21,22,23). The van der Waals surface area contributed by atoms with Crippen molar-refractivity contribution in [2.24, 2.45) is 4.99 Å². The maximum absolute atomic E-state index is 13.7. The van der Waals surface area contributed by atoms with Crippen molar-refractivity contribution in [3.63, 3.8) is 0 Å². The third-order valence-corrected chi connectivity index (χ3v) is 4.74. The highest BCUT2D eigenvalue weighted by molar-refractivity contribution is 7.09. The highest BCUT2D eigenvalue weighted by Crippen LogP contribution is 2.18. The van der Waals surface area contributed by atoms with Crippen LogP contribution in [0.3, 0.4) is 0 Å². The van der Waals surface area contributed by atoms with Crippen molar-refractivity contribution in [2.45, 2.75) is 45.8 Å². The Labute approximate surface area is 158 Å². The molecule has 7 heteroatoms. The number of hydrogen-bond donors (Lipinski definition) is 2. The lowest BCUT2D eigenvalue weighted by Gasteiger charge is -2.20. The van der Waals surface area contributed by atoms with E-state index in [4.69, 9.17) is 4.74 Å². The highest BCUT2D eigenvalue weighted by Gasteiger charge is 2.12. The fourth-order valence-electron chi connectivity index (χ4n) is 2.25. The maximum Gasteiger partial charge on any atom is 0.191 e. The topological polar surface area (TPSA) is 58.5 Å².